The first-order valence-electron chi connectivity index (χ1n) is 6.88. The molecule has 1 amide bonds. The zero-order valence-corrected chi connectivity index (χ0v) is 11.7. The van der Waals surface area contributed by atoms with Gasteiger partial charge in [-0.1, -0.05) is 41.0 Å². The zero-order valence-electron chi connectivity index (χ0n) is 11.7. The molecule has 0 aromatic carbocycles. The van der Waals surface area contributed by atoms with Gasteiger partial charge in [0, 0.05) is 13.1 Å². The Morgan fingerprint density at radius 1 is 1.25 bits per heavy atom. The van der Waals surface area contributed by atoms with Gasteiger partial charge in [-0.15, -0.1) is 0 Å². The van der Waals surface area contributed by atoms with E-state index in [2.05, 4.69) is 20.8 Å². The topological polar surface area (TPSA) is 20.3 Å². The minimum absolute atomic E-state index is 0.756. The molecule has 0 aromatic heterocycles. The third-order valence-electron chi connectivity index (χ3n) is 3.67. The lowest BCUT2D eigenvalue weighted by Crippen LogP contribution is -2.23. The molecule has 0 aromatic rings. The van der Waals surface area contributed by atoms with E-state index in [0.717, 1.165) is 37.3 Å². The van der Waals surface area contributed by atoms with Crippen LogP contribution < -0.4 is 0 Å². The van der Waals surface area contributed by atoms with Crippen molar-refractivity contribution in [1.82, 2.24) is 4.90 Å². The maximum atomic E-state index is 10.7. The summed E-state index contributed by atoms with van der Waals surface area (Å²) in [5.41, 5.74) is 0. The van der Waals surface area contributed by atoms with E-state index in [1.165, 1.54) is 19.3 Å². The summed E-state index contributed by atoms with van der Waals surface area (Å²) >= 11 is 0. The molecule has 1 rings (SSSR count). The predicted molar refractivity (Wildman–Crippen MR) is 70.3 cm³/mol. The number of nitrogens with zero attached hydrogens (tertiary/aromatic N) is 1. The number of carbonyl (C=O) groups is 1. The van der Waals surface area contributed by atoms with Gasteiger partial charge in [-0.05, 0) is 30.6 Å². The minimum atomic E-state index is 0.756. The van der Waals surface area contributed by atoms with E-state index in [-0.39, 0.29) is 0 Å². The lowest BCUT2D eigenvalue weighted by atomic mass is 9.79. The van der Waals surface area contributed by atoms with Crippen LogP contribution in [-0.2, 0) is 4.79 Å². The van der Waals surface area contributed by atoms with Crippen LogP contribution in [0, 0.1) is 17.8 Å². The van der Waals surface area contributed by atoms with Crippen LogP contribution >= 0.6 is 0 Å². The molecule has 96 valence electrons. The van der Waals surface area contributed by atoms with Crippen LogP contribution in [0.25, 0.3) is 0 Å². The fraction of sp³-hybridized carbons (Fsp3) is 0.929. The van der Waals surface area contributed by atoms with E-state index in [1.54, 1.807) is 0 Å². The van der Waals surface area contributed by atoms with Crippen molar-refractivity contribution in [2.75, 3.05) is 13.1 Å². The number of hydrogen-bond acceptors (Lipinski definition) is 1. The minimum Gasteiger partial charge on any atom is -0.345 e. The molecule has 1 aliphatic rings. The summed E-state index contributed by atoms with van der Waals surface area (Å²) in [6, 6.07) is 0. The third kappa shape index (κ3) is 4.54. The van der Waals surface area contributed by atoms with E-state index in [9.17, 15) is 4.79 Å². The van der Waals surface area contributed by atoms with Gasteiger partial charge < -0.3 is 4.90 Å². The van der Waals surface area contributed by atoms with Crippen LogP contribution in [0.1, 0.15) is 53.9 Å². The van der Waals surface area contributed by atoms with Crippen molar-refractivity contribution in [3.8, 4) is 0 Å². The molecular weight excluding hydrogens is 198 g/mol. The van der Waals surface area contributed by atoms with E-state index in [0.29, 0.717) is 0 Å². The quantitative estimate of drug-likeness (QED) is 0.675. The standard InChI is InChI=1S/C12H23NO.C2H6/c1-4-11-5-7-13(9-14)8-6-12(11)10(2)3;1-2/h9-12H,4-8H2,1-3H3;1-2H3. The first-order chi connectivity index (χ1) is 7.69. The van der Waals surface area contributed by atoms with Crippen molar-refractivity contribution in [2.24, 2.45) is 17.8 Å². The van der Waals surface area contributed by atoms with Crippen molar-refractivity contribution in [3.63, 3.8) is 0 Å². The first-order valence-corrected chi connectivity index (χ1v) is 6.88. The smallest absolute Gasteiger partial charge is 0.209 e. The zero-order chi connectivity index (χ0) is 12.6. The number of rotatable bonds is 3. The van der Waals surface area contributed by atoms with Gasteiger partial charge in [0.1, 0.15) is 0 Å². The Labute approximate surface area is 101 Å². The van der Waals surface area contributed by atoms with Crippen LogP contribution in [0.5, 0.6) is 0 Å². The maximum absolute atomic E-state index is 10.7. The van der Waals surface area contributed by atoms with Gasteiger partial charge in [0.25, 0.3) is 0 Å². The third-order valence-corrected chi connectivity index (χ3v) is 3.67. The molecule has 0 aliphatic carbocycles. The van der Waals surface area contributed by atoms with Crippen LogP contribution in [0.2, 0.25) is 0 Å². The van der Waals surface area contributed by atoms with Crippen LogP contribution in [0.15, 0.2) is 0 Å². The van der Waals surface area contributed by atoms with Crippen molar-refractivity contribution in [2.45, 2.75) is 53.9 Å². The molecule has 0 bridgehead atoms. The van der Waals surface area contributed by atoms with Gasteiger partial charge in [-0.2, -0.15) is 0 Å². The molecular formula is C14H29NO. The van der Waals surface area contributed by atoms with Gasteiger partial charge in [0.2, 0.25) is 6.41 Å². The second kappa shape index (κ2) is 8.60. The summed E-state index contributed by atoms with van der Waals surface area (Å²) < 4.78 is 0. The molecule has 0 spiro atoms. The largest absolute Gasteiger partial charge is 0.345 e. The molecule has 0 N–H and O–H groups in total. The van der Waals surface area contributed by atoms with E-state index in [4.69, 9.17) is 0 Å². The average molecular weight is 227 g/mol. The Bertz CT molecular complexity index is 180. The molecule has 0 saturated carbocycles. The van der Waals surface area contributed by atoms with Gasteiger partial charge in [0.15, 0.2) is 0 Å². The second-order valence-electron chi connectivity index (χ2n) is 4.79. The summed E-state index contributed by atoms with van der Waals surface area (Å²) in [5, 5.41) is 0. The maximum Gasteiger partial charge on any atom is 0.209 e. The van der Waals surface area contributed by atoms with Crippen molar-refractivity contribution in [1.29, 1.82) is 0 Å². The monoisotopic (exact) mass is 227 g/mol. The molecule has 16 heavy (non-hydrogen) atoms. The van der Waals surface area contributed by atoms with Crippen molar-refractivity contribution < 1.29 is 4.79 Å². The van der Waals surface area contributed by atoms with E-state index in [1.807, 2.05) is 18.7 Å². The molecule has 2 unspecified atom stereocenters. The lowest BCUT2D eigenvalue weighted by molar-refractivity contribution is -0.118. The highest BCUT2D eigenvalue weighted by Crippen LogP contribution is 2.31. The summed E-state index contributed by atoms with van der Waals surface area (Å²) in [7, 11) is 0. The van der Waals surface area contributed by atoms with Crippen LogP contribution in [-0.4, -0.2) is 24.4 Å². The Morgan fingerprint density at radius 3 is 2.25 bits per heavy atom. The Morgan fingerprint density at radius 2 is 1.81 bits per heavy atom. The van der Waals surface area contributed by atoms with E-state index < -0.39 is 0 Å². The summed E-state index contributed by atoms with van der Waals surface area (Å²) in [6.07, 6.45) is 4.65. The second-order valence-corrected chi connectivity index (χ2v) is 4.79. The highest BCUT2D eigenvalue weighted by atomic mass is 16.1. The normalized spacial score (nSPS) is 25.8. The molecule has 2 nitrogen and oxygen atoms in total. The van der Waals surface area contributed by atoms with Crippen molar-refractivity contribution in [3.05, 3.63) is 0 Å². The van der Waals surface area contributed by atoms with Gasteiger partial charge in [-0.3, -0.25) is 4.79 Å². The molecule has 1 heterocycles. The van der Waals surface area contributed by atoms with Gasteiger partial charge in [-0.25, -0.2) is 0 Å². The van der Waals surface area contributed by atoms with Gasteiger partial charge in [0.05, 0.1) is 0 Å². The number of hydrogen-bond donors (Lipinski definition) is 0. The van der Waals surface area contributed by atoms with E-state index >= 15 is 0 Å². The molecule has 2 heteroatoms. The van der Waals surface area contributed by atoms with Crippen LogP contribution in [0.3, 0.4) is 0 Å². The SMILES string of the molecule is CC.CCC1CCN(C=O)CCC1C(C)C. The summed E-state index contributed by atoms with van der Waals surface area (Å²) in [4.78, 5) is 12.6. The number of likely N-dealkylation sites (tertiary alicyclic amines) is 1. The lowest BCUT2D eigenvalue weighted by Gasteiger charge is -2.26. The summed E-state index contributed by atoms with van der Waals surface area (Å²) in [5.74, 6) is 2.39. The Hall–Kier alpha value is -0.530. The van der Waals surface area contributed by atoms with Crippen LogP contribution in [0.4, 0.5) is 0 Å². The molecule has 1 aliphatic heterocycles. The van der Waals surface area contributed by atoms with Crippen molar-refractivity contribution >= 4 is 6.41 Å². The average Bonchev–Trinajstić information content (AvgIpc) is 2.53. The molecule has 0 radical (unpaired) electrons. The molecule has 2 atom stereocenters. The first kappa shape index (κ1) is 15.5. The Balaban J connectivity index is 0.00000106. The highest BCUT2D eigenvalue weighted by Gasteiger charge is 2.26. The Kier molecular flexibility index (Phi) is 8.32. The highest BCUT2D eigenvalue weighted by molar-refractivity contribution is 5.46. The summed E-state index contributed by atoms with van der Waals surface area (Å²) in [6.45, 7) is 12.8. The fourth-order valence-electron chi connectivity index (χ4n) is 2.70. The number of amides is 1. The van der Waals surface area contributed by atoms with Gasteiger partial charge >= 0.3 is 0 Å². The fourth-order valence-corrected chi connectivity index (χ4v) is 2.70. The number of carbonyl (C=O) groups excluding carboxylic acids is 1. The molecule has 1 saturated heterocycles. The predicted octanol–water partition coefficient (Wildman–Crippen LogP) is 3.56. The molecule has 1 fully saturated rings.